The summed E-state index contributed by atoms with van der Waals surface area (Å²) >= 11 is 7.59. The Kier molecular flexibility index (Phi) is 2.85. The first-order valence-electron chi connectivity index (χ1n) is 5.85. The highest BCUT2D eigenvalue weighted by atomic mass is 35.5. The zero-order valence-electron chi connectivity index (χ0n) is 10.1. The van der Waals surface area contributed by atoms with Crippen LogP contribution in [-0.4, -0.2) is 7.11 Å². The number of thiophene rings is 1. The second-order valence-corrected chi connectivity index (χ2v) is 6.31. The molecule has 2 aromatic rings. The van der Waals surface area contributed by atoms with Crippen LogP contribution in [0.1, 0.15) is 22.4 Å². The number of aryl methyl sites for hydroxylation is 1. The largest absolute Gasteiger partial charge is 0.497 e. The molecule has 18 heavy (non-hydrogen) atoms. The van der Waals surface area contributed by atoms with Gasteiger partial charge in [-0.05, 0) is 48.2 Å². The summed E-state index contributed by atoms with van der Waals surface area (Å²) in [6.45, 7) is 0. The normalized spacial score (nSPS) is 21.9. The highest BCUT2D eigenvalue weighted by molar-refractivity contribution is 7.16. The van der Waals surface area contributed by atoms with Gasteiger partial charge in [0.2, 0.25) is 0 Å². The van der Waals surface area contributed by atoms with Gasteiger partial charge >= 0.3 is 0 Å². The van der Waals surface area contributed by atoms with E-state index in [0.717, 1.165) is 27.8 Å². The first-order chi connectivity index (χ1) is 8.63. The fourth-order valence-corrected chi connectivity index (χ4v) is 3.78. The van der Waals surface area contributed by atoms with Crippen molar-refractivity contribution < 1.29 is 4.74 Å². The third-order valence-corrected chi connectivity index (χ3v) is 5.01. The standard InChI is InChI=1S/C14H14ClNOS/c1-17-10-3-2-9-6-7-14(16,11(9)8-10)12-4-5-13(15)18-12/h2-5,8H,6-7,16H2,1H3. The van der Waals surface area contributed by atoms with Crippen molar-refractivity contribution >= 4 is 22.9 Å². The zero-order valence-corrected chi connectivity index (χ0v) is 11.6. The van der Waals surface area contributed by atoms with Crippen LogP contribution in [0.5, 0.6) is 5.75 Å². The number of hydrogen-bond acceptors (Lipinski definition) is 3. The van der Waals surface area contributed by atoms with E-state index in [1.807, 2.05) is 18.2 Å². The number of ether oxygens (including phenoxy) is 1. The molecule has 1 heterocycles. The minimum atomic E-state index is -0.415. The number of benzene rings is 1. The van der Waals surface area contributed by atoms with Crippen molar-refractivity contribution in [2.24, 2.45) is 5.73 Å². The molecule has 1 aromatic heterocycles. The van der Waals surface area contributed by atoms with Crippen molar-refractivity contribution in [3.05, 3.63) is 50.7 Å². The summed E-state index contributed by atoms with van der Waals surface area (Å²) in [4.78, 5) is 1.12. The van der Waals surface area contributed by atoms with Gasteiger partial charge in [0.25, 0.3) is 0 Å². The van der Waals surface area contributed by atoms with E-state index in [4.69, 9.17) is 22.1 Å². The fourth-order valence-electron chi connectivity index (χ4n) is 2.59. The molecule has 0 bridgehead atoms. The Morgan fingerprint density at radius 1 is 1.33 bits per heavy atom. The minimum Gasteiger partial charge on any atom is -0.497 e. The van der Waals surface area contributed by atoms with Crippen LogP contribution in [0.15, 0.2) is 30.3 Å². The van der Waals surface area contributed by atoms with Crippen LogP contribution in [0.3, 0.4) is 0 Å². The van der Waals surface area contributed by atoms with Crippen LogP contribution in [-0.2, 0) is 12.0 Å². The van der Waals surface area contributed by atoms with E-state index in [9.17, 15) is 0 Å². The lowest BCUT2D eigenvalue weighted by Gasteiger charge is -2.24. The average molecular weight is 280 g/mol. The lowest BCUT2D eigenvalue weighted by atomic mass is 9.91. The maximum absolute atomic E-state index is 6.63. The molecule has 0 aliphatic heterocycles. The summed E-state index contributed by atoms with van der Waals surface area (Å²) in [7, 11) is 1.68. The molecule has 2 N–H and O–H groups in total. The molecule has 1 unspecified atom stereocenters. The quantitative estimate of drug-likeness (QED) is 0.912. The van der Waals surface area contributed by atoms with Gasteiger partial charge in [0, 0.05) is 4.88 Å². The molecule has 0 saturated heterocycles. The SMILES string of the molecule is COc1ccc2c(c1)C(N)(c1ccc(Cl)s1)CC2. The molecular weight excluding hydrogens is 266 g/mol. The Bertz CT molecular complexity index is 595. The molecule has 94 valence electrons. The predicted molar refractivity (Wildman–Crippen MR) is 75.6 cm³/mol. The summed E-state index contributed by atoms with van der Waals surface area (Å²) < 4.78 is 6.08. The molecule has 0 spiro atoms. The molecule has 3 rings (SSSR count). The van der Waals surface area contributed by atoms with Crippen LogP contribution < -0.4 is 10.5 Å². The summed E-state index contributed by atoms with van der Waals surface area (Å²) in [6.07, 6.45) is 1.93. The maximum atomic E-state index is 6.63. The predicted octanol–water partition coefficient (Wildman–Crippen LogP) is 3.56. The molecule has 2 nitrogen and oxygen atoms in total. The van der Waals surface area contributed by atoms with E-state index in [-0.39, 0.29) is 0 Å². The second kappa shape index (κ2) is 4.26. The van der Waals surface area contributed by atoms with Gasteiger partial charge in [-0.15, -0.1) is 11.3 Å². The van der Waals surface area contributed by atoms with Gasteiger partial charge in [0.1, 0.15) is 5.75 Å². The summed E-state index contributed by atoms with van der Waals surface area (Å²) in [6, 6.07) is 10.1. The van der Waals surface area contributed by atoms with Gasteiger partial charge in [-0.1, -0.05) is 17.7 Å². The van der Waals surface area contributed by atoms with Crippen molar-refractivity contribution in [3.8, 4) is 5.75 Å². The average Bonchev–Trinajstić information content (AvgIpc) is 2.95. The molecule has 1 aliphatic rings. The molecule has 0 radical (unpaired) electrons. The molecule has 0 saturated carbocycles. The molecule has 1 aliphatic carbocycles. The summed E-state index contributed by atoms with van der Waals surface area (Å²) in [5.41, 5.74) is 8.69. The van der Waals surface area contributed by atoms with E-state index < -0.39 is 5.54 Å². The van der Waals surface area contributed by atoms with E-state index in [0.29, 0.717) is 0 Å². The molecule has 0 fully saturated rings. The van der Waals surface area contributed by atoms with Gasteiger partial charge < -0.3 is 10.5 Å². The van der Waals surface area contributed by atoms with E-state index >= 15 is 0 Å². The van der Waals surface area contributed by atoms with Crippen molar-refractivity contribution in [1.29, 1.82) is 0 Å². The van der Waals surface area contributed by atoms with E-state index in [1.165, 1.54) is 11.1 Å². The molecule has 4 heteroatoms. The highest BCUT2D eigenvalue weighted by Gasteiger charge is 2.38. The number of fused-ring (bicyclic) bond motifs is 1. The van der Waals surface area contributed by atoms with Crippen molar-refractivity contribution in [1.82, 2.24) is 0 Å². The number of halogens is 1. The molecule has 1 atom stereocenters. The third-order valence-electron chi connectivity index (χ3n) is 3.60. The van der Waals surface area contributed by atoms with Crippen molar-refractivity contribution in [3.63, 3.8) is 0 Å². The molecule has 0 amide bonds. The molecular formula is C14H14ClNOS. The van der Waals surface area contributed by atoms with Crippen LogP contribution >= 0.6 is 22.9 Å². The number of rotatable bonds is 2. The number of methoxy groups -OCH3 is 1. The van der Waals surface area contributed by atoms with Crippen molar-refractivity contribution in [2.45, 2.75) is 18.4 Å². The van der Waals surface area contributed by atoms with Gasteiger partial charge in [0.05, 0.1) is 17.0 Å². The van der Waals surface area contributed by atoms with E-state index in [1.54, 1.807) is 18.4 Å². The van der Waals surface area contributed by atoms with Crippen LogP contribution in [0.2, 0.25) is 4.34 Å². The summed E-state index contributed by atoms with van der Waals surface area (Å²) in [5.74, 6) is 0.855. The first-order valence-corrected chi connectivity index (χ1v) is 7.05. The lowest BCUT2D eigenvalue weighted by Crippen LogP contribution is -2.34. The number of nitrogens with two attached hydrogens (primary N) is 1. The van der Waals surface area contributed by atoms with Gasteiger partial charge in [0.15, 0.2) is 0 Å². The highest BCUT2D eigenvalue weighted by Crippen LogP contribution is 2.44. The lowest BCUT2D eigenvalue weighted by molar-refractivity contribution is 0.413. The van der Waals surface area contributed by atoms with E-state index in [2.05, 4.69) is 12.1 Å². The van der Waals surface area contributed by atoms with Crippen LogP contribution in [0.4, 0.5) is 0 Å². The monoisotopic (exact) mass is 279 g/mol. The Labute approximate surface area is 115 Å². The fraction of sp³-hybridized carbons (Fsp3) is 0.286. The minimum absolute atomic E-state index is 0.415. The van der Waals surface area contributed by atoms with Gasteiger partial charge in [-0.3, -0.25) is 0 Å². The van der Waals surface area contributed by atoms with Crippen molar-refractivity contribution in [2.75, 3.05) is 7.11 Å². The Morgan fingerprint density at radius 3 is 2.83 bits per heavy atom. The Morgan fingerprint density at radius 2 is 2.17 bits per heavy atom. The smallest absolute Gasteiger partial charge is 0.119 e. The first kappa shape index (κ1) is 12.0. The van der Waals surface area contributed by atoms with Gasteiger partial charge in [-0.2, -0.15) is 0 Å². The summed E-state index contributed by atoms with van der Waals surface area (Å²) in [5, 5.41) is 0. The maximum Gasteiger partial charge on any atom is 0.119 e. The second-order valence-electron chi connectivity index (χ2n) is 4.60. The Balaban J connectivity index is 2.12. The Hall–Kier alpha value is -1.03. The third kappa shape index (κ3) is 1.74. The number of hydrogen-bond donors (Lipinski definition) is 1. The van der Waals surface area contributed by atoms with Gasteiger partial charge in [-0.25, -0.2) is 0 Å². The zero-order chi connectivity index (χ0) is 12.8. The topological polar surface area (TPSA) is 35.2 Å². The van der Waals surface area contributed by atoms with Crippen LogP contribution in [0.25, 0.3) is 0 Å². The van der Waals surface area contributed by atoms with Crippen LogP contribution in [0, 0.1) is 0 Å². The molecule has 1 aromatic carbocycles.